The fraction of sp³-hybridized carbons (Fsp3) is 0.591. The van der Waals surface area contributed by atoms with Gasteiger partial charge in [0, 0.05) is 11.1 Å². The van der Waals surface area contributed by atoms with Crippen LogP contribution in [0.2, 0.25) is 0 Å². The number of hydrogen-bond acceptors (Lipinski definition) is 2. The first-order chi connectivity index (χ1) is 22.6. The summed E-state index contributed by atoms with van der Waals surface area (Å²) in [4.78, 5) is 0. The molecule has 0 fully saturated rings. The van der Waals surface area contributed by atoms with E-state index in [9.17, 15) is 0 Å². The summed E-state index contributed by atoms with van der Waals surface area (Å²) in [5, 5.41) is 0. The molecule has 0 heterocycles. The van der Waals surface area contributed by atoms with Crippen LogP contribution in [-0.4, -0.2) is 13.2 Å². The van der Waals surface area contributed by atoms with E-state index in [0.717, 1.165) is 48.7 Å². The summed E-state index contributed by atoms with van der Waals surface area (Å²) >= 11 is 0. The van der Waals surface area contributed by atoms with Crippen molar-refractivity contribution >= 4 is 0 Å². The van der Waals surface area contributed by atoms with Crippen LogP contribution in [0.25, 0.3) is 22.3 Å². The highest BCUT2D eigenvalue weighted by Crippen LogP contribution is 2.41. The predicted molar refractivity (Wildman–Crippen MR) is 201 cm³/mol. The molecule has 2 heteroatoms. The van der Waals surface area contributed by atoms with Crippen molar-refractivity contribution in [1.82, 2.24) is 0 Å². The maximum absolute atomic E-state index is 6.59. The average Bonchev–Trinajstić information content (AvgIpc) is 3.07. The van der Waals surface area contributed by atoms with Crippen LogP contribution in [-0.2, 0) is 0 Å². The van der Waals surface area contributed by atoms with E-state index in [0.29, 0.717) is 0 Å². The van der Waals surface area contributed by atoms with Gasteiger partial charge in [-0.1, -0.05) is 189 Å². The Labute approximate surface area is 283 Å². The molecular weight excluding hydrogens is 560 g/mol. The van der Waals surface area contributed by atoms with Crippen molar-refractivity contribution in [2.75, 3.05) is 13.2 Å². The van der Waals surface area contributed by atoms with Crippen LogP contribution in [0.5, 0.6) is 11.5 Å². The monoisotopic (exact) mass is 627 g/mol. The van der Waals surface area contributed by atoms with Crippen LogP contribution < -0.4 is 9.47 Å². The smallest absolute Gasteiger partial charge is 0.128 e. The maximum Gasteiger partial charge on any atom is 0.128 e. The highest BCUT2D eigenvalue weighted by Gasteiger charge is 2.16. The summed E-state index contributed by atoms with van der Waals surface area (Å²) in [6.45, 7) is 10.4. The van der Waals surface area contributed by atoms with E-state index in [2.05, 4.69) is 88.4 Å². The lowest BCUT2D eigenvalue weighted by Gasteiger charge is -2.19. The Hall–Kier alpha value is -2.74. The van der Waals surface area contributed by atoms with Gasteiger partial charge in [-0.15, -0.1) is 0 Å². The molecule has 0 aromatic heterocycles. The molecule has 0 spiro atoms. The van der Waals surface area contributed by atoms with Crippen LogP contribution in [0, 0.1) is 13.8 Å². The fourth-order valence-corrected chi connectivity index (χ4v) is 6.26. The molecule has 0 bridgehead atoms. The zero-order valence-corrected chi connectivity index (χ0v) is 30.1. The molecule has 0 radical (unpaired) electrons. The minimum Gasteiger partial charge on any atom is -0.493 e. The normalized spacial score (nSPS) is 11.2. The highest BCUT2D eigenvalue weighted by atomic mass is 16.5. The summed E-state index contributed by atoms with van der Waals surface area (Å²) in [6.07, 6.45) is 26.6. The van der Waals surface area contributed by atoms with Crippen LogP contribution in [0.4, 0.5) is 0 Å². The molecule has 0 aliphatic rings. The molecule has 0 unspecified atom stereocenters. The van der Waals surface area contributed by atoms with Crippen molar-refractivity contribution in [3.63, 3.8) is 0 Å². The Kier molecular flexibility index (Phi) is 19.3. The van der Waals surface area contributed by atoms with Crippen LogP contribution in [0.1, 0.15) is 153 Å². The Balaban J connectivity index is 1.63. The van der Waals surface area contributed by atoms with Gasteiger partial charge in [-0.2, -0.15) is 0 Å². The van der Waals surface area contributed by atoms with Crippen molar-refractivity contribution in [1.29, 1.82) is 0 Å². The zero-order valence-electron chi connectivity index (χ0n) is 30.1. The van der Waals surface area contributed by atoms with E-state index in [1.54, 1.807) is 0 Å². The van der Waals surface area contributed by atoms with E-state index < -0.39 is 0 Å². The van der Waals surface area contributed by atoms with Gasteiger partial charge in [0.25, 0.3) is 0 Å². The standard InChI is InChI=1S/C44H66O2/c1-5-7-9-11-13-15-17-19-21-23-33-45-43-35-42(40-31-27-38(4)28-32-40)44(36-41(43)39-29-25-37(3)26-30-39)46-34-24-22-20-18-16-14-12-10-8-6-2/h25-32,35-36H,5-24,33-34H2,1-4H3. The molecule has 0 atom stereocenters. The van der Waals surface area contributed by atoms with E-state index >= 15 is 0 Å². The molecule has 46 heavy (non-hydrogen) atoms. The Morgan fingerprint density at radius 2 is 0.652 bits per heavy atom. The third-order valence-electron chi connectivity index (χ3n) is 9.32. The molecular formula is C44H66O2. The highest BCUT2D eigenvalue weighted by molar-refractivity contribution is 5.81. The van der Waals surface area contributed by atoms with E-state index in [1.807, 2.05) is 0 Å². The third-order valence-corrected chi connectivity index (χ3v) is 9.32. The molecule has 3 aromatic rings. The van der Waals surface area contributed by atoms with Gasteiger partial charge in [-0.05, 0) is 49.9 Å². The lowest BCUT2D eigenvalue weighted by Crippen LogP contribution is -2.03. The second-order valence-corrected chi connectivity index (χ2v) is 13.6. The van der Waals surface area contributed by atoms with Gasteiger partial charge < -0.3 is 9.47 Å². The van der Waals surface area contributed by atoms with Crippen molar-refractivity contribution in [3.05, 3.63) is 71.8 Å². The van der Waals surface area contributed by atoms with E-state index in [-0.39, 0.29) is 0 Å². The van der Waals surface area contributed by atoms with Crippen molar-refractivity contribution in [2.24, 2.45) is 0 Å². The first kappa shape index (κ1) is 37.7. The molecule has 0 saturated heterocycles. The number of ether oxygens (including phenoxy) is 2. The number of rotatable bonds is 26. The van der Waals surface area contributed by atoms with Crippen molar-refractivity contribution in [3.8, 4) is 33.8 Å². The van der Waals surface area contributed by atoms with Gasteiger partial charge in [-0.25, -0.2) is 0 Å². The zero-order chi connectivity index (χ0) is 32.7. The van der Waals surface area contributed by atoms with Gasteiger partial charge in [-0.3, -0.25) is 0 Å². The summed E-state index contributed by atoms with van der Waals surface area (Å²) < 4.78 is 13.2. The first-order valence-electron chi connectivity index (χ1n) is 19.2. The third kappa shape index (κ3) is 14.8. The number of benzene rings is 3. The second-order valence-electron chi connectivity index (χ2n) is 13.6. The molecule has 0 aliphatic heterocycles. The summed E-state index contributed by atoms with van der Waals surface area (Å²) in [5.41, 5.74) is 7.16. The lowest BCUT2D eigenvalue weighted by molar-refractivity contribution is 0.298. The van der Waals surface area contributed by atoms with E-state index in [1.165, 1.54) is 138 Å². The Bertz CT molecular complexity index is 1080. The molecule has 0 aliphatic carbocycles. The lowest BCUT2D eigenvalue weighted by atomic mass is 9.97. The van der Waals surface area contributed by atoms with Gasteiger partial charge in [0.05, 0.1) is 13.2 Å². The number of aryl methyl sites for hydroxylation is 2. The fourth-order valence-electron chi connectivity index (χ4n) is 6.26. The molecule has 0 saturated carbocycles. The topological polar surface area (TPSA) is 18.5 Å². The summed E-state index contributed by atoms with van der Waals surface area (Å²) in [6, 6.07) is 22.1. The molecule has 2 nitrogen and oxygen atoms in total. The van der Waals surface area contributed by atoms with Crippen LogP contribution >= 0.6 is 0 Å². The van der Waals surface area contributed by atoms with Crippen LogP contribution in [0.15, 0.2) is 60.7 Å². The quantitative estimate of drug-likeness (QED) is 0.0825. The molecule has 254 valence electrons. The summed E-state index contributed by atoms with van der Waals surface area (Å²) in [5.74, 6) is 1.92. The molecule has 0 N–H and O–H groups in total. The van der Waals surface area contributed by atoms with Crippen LogP contribution in [0.3, 0.4) is 0 Å². The number of hydrogen-bond donors (Lipinski definition) is 0. The van der Waals surface area contributed by atoms with Crippen molar-refractivity contribution in [2.45, 2.75) is 156 Å². The van der Waals surface area contributed by atoms with Gasteiger partial charge in [0.15, 0.2) is 0 Å². The first-order valence-corrected chi connectivity index (χ1v) is 19.2. The van der Waals surface area contributed by atoms with Gasteiger partial charge >= 0.3 is 0 Å². The minimum atomic E-state index is 0.751. The predicted octanol–water partition coefficient (Wildman–Crippen LogP) is 14.2. The molecule has 3 rings (SSSR count). The Morgan fingerprint density at radius 3 is 0.957 bits per heavy atom. The minimum absolute atomic E-state index is 0.751. The second kappa shape index (κ2) is 23.6. The van der Waals surface area contributed by atoms with E-state index in [4.69, 9.17) is 9.47 Å². The van der Waals surface area contributed by atoms with Gasteiger partial charge in [0.1, 0.15) is 11.5 Å². The number of unbranched alkanes of at least 4 members (excludes halogenated alkanes) is 18. The SMILES string of the molecule is CCCCCCCCCCCCOc1cc(-c2ccc(C)cc2)c(OCCCCCCCCCCCC)cc1-c1ccc(C)cc1. The van der Waals surface area contributed by atoms with Crippen molar-refractivity contribution < 1.29 is 9.47 Å². The molecule has 0 amide bonds. The largest absolute Gasteiger partial charge is 0.493 e. The molecule has 3 aromatic carbocycles. The Morgan fingerprint density at radius 1 is 0.370 bits per heavy atom. The maximum atomic E-state index is 6.59. The average molecular weight is 627 g/mol. The summed E-state index contributed by atoms with van der Waals surface area (Å²) in [7, 11) is 0. The van der Waals surface area contributed by atoms with Gasteiger partial charge in [0.2, 0.25) is 0 Å².